The molecule has 1 rings (SSSR count). The van der Waals surface area contributed by atoms with Crippen LogP contribution in [0.25, 0.3) is 0 Å². The molecule has 11 heavy (non-hydrogen) atoms. The maximum absolute atomic E-state index is 5.22. The number of hydrogen-bond acceptors (Lipinski definition) is 2. The van der Waals surface area contributed by atoms with Gasteiger partial charge >= 0.3 is 0 Å². The molecule has 0 saturated carbocycles. The van der Waals surface area contributed by atoms with Crippen molar-refractivity contribution in [2.45, 2.75) is 6.42 Å². The van der Waals surface area contributed by atoms with Crippen LogP contribution in [0.3, 0.4) is 0 Å². The molecule has 0 bridgehead atoms. The van der Waals surface area contributed by atoms with Gasteiger partial charge in [0.25, 0.3) is 0 Å². The Morgan fingerprint density at radius 3 is 3.18 bits per heavy atom. The molecule has 0 unspecified atom stereocenters. The fourth-order valence-corrected chi connectivity index (χ4v) is 0.813. The van der Waals surface area contributed by atoms with Gasteiger partial charge in [-0.3, -0.25) is 4.99 Å². The summed E-state index contributed by atoms with van der Waals surface area (Å²) in [6.45, 7) is 0.639. The zero-order valence-electron chi connectivity index (χ0n) is 5.99. The summed E-state index contributed by atoms with van der Waals surface area (Å²) in [5.74, 6) is 0. The van der Waals surface area contributed by atoms with Crippen LogP contribution in [0.5, 0.6) is 0 Å². The van der Waals surface area contributed by atoms with Gasteiger partial charge in [-0.2, -0.15) is 0 Å². The van der Waals surface area contributed by atoms with E-state index in [1.807, 2.05) is 6.20 Å². The molecule has 0 aliphatic rings. The second-order valence-electron chi connectivity index (χ2n) is 2.05. The predicted octanol–water partition coefficient (Wildman–Crippen LogP) is 0.197. The van der Waals surface area contributed by atoms with E-state index in [2.05, 4.69) is 27.6 Å². The van der Waals surface area contributed by atoms with Gasteiger partial charge in [-0.15, -0.1) is 12.6 Å². The molecule has 1 aromatic heterocycles. The van der Waals surface area contributed by atoms with Crippen LogP contribution in [-0.2, 0) is 6.42 Å². The van der Waals surface area contributed by atoms with Crippen molar-refractivity contribution in [2.24, 2.45) is 10.7 Å². The number of H-pyrrole nitrogens is 1. The predicted molar refractivity (Wildman–Crippen MR) is 47.8 cm³/mol. The first kappa shape index (κ1) is 8.13. The fraction of sp³-hybridized carbons (Fsp3) is 0.333. The van der Waals surface area contributed by atoms with Gasteiger partial charge in [0.1, 0.15) is 0 Å². The van der Waals surface area contributed by atoms with E-state index in [0.717, 1.165) is 12.1 Å². The van der Waals surface area contributed by atoms with Gasteiger partial charge in [-0.1, -0.05) is 0 Å². The topological polar surface area (TPSA) is 67.1 Å². The van der Waals surface area contributed by atoms with Gasteiger partial charge in [-0.05, 0) is 0 Å². The highest BCUT2D eigenvalue weighted by Gasteiger charge is 1.91. The molecule has 0 radical (unpaired) electrons. The number of amidine groups is 1. The normalized spacial score (nSPS) is 11.9. The van der Waals surface area contributed by atoms with Gasteiger partial charge in [0.2, 0.25) is 0 Å². The Bertz CT molecular complexity index is 225. The fourth-order valence-electron chi connectivity index (χ4n) is 0.713. The van der Waals surface area contributed by atoms with Crippen LogP contribution < -0.4 is 5.73 Å². The van der Waals surface area contributed by atoms with Crippen LogP contribution in [0.15, 0.2) is 17.5 Å². The second kappa shape index (κ2) is 4.02. The first-order chi connectivity index (χ1) is 5.29. The van der Waals surface area contributed by atoms with Gasteiger partial charge < -0.3 is 10.7 Å². The van der Waals surface area contributed by atoms with Crippen molar-refractivity contribution in [3.05, 3.63) is 18.2 Å². The Morgan fingerprint density at radius 2 is 2.64 bits per heavy atom. The van der Waals surface area contributed by atoms with Crippen molar-refractivity contribution in [1.82, 2.24) is 9.97 Å². The molecule has 0 aromatic carbocycles. The van der Waals surface area contributed by atoms with Gasteiger partial charge in [-0.25, -0.2) is 4.98 Å². The lowest BCUT2D eigenvalue weighted by atomic mass is 10.3. The Balaban J connectivity index is 2.30. The number of nitrogens with two attached hydrogens (primary N) is 1. The number of aromatic nitrogens is 2. The Hall–Kier alpha value is -0.970. The number of hydrogen-bond donors (Lipinski definition) is 3. The van der Waals surface area contributed by atoms with Gasteiger partial charge in [0.15, 0.2) is 5.17 Å². The zero-order chi connectivity index (χ0) is 8.10. The van der Waals surface area contributed by atoms with Crippen molar-refractivity contribution >= 4 is 17.8 Å². The van der Waals surface area contributed by atoms with Crippen LogP contribution in [0.2, 0.25) is 0 Å². The SMILES string of the molecule is NC(S)=NCCc1c[nH]cn1. The van der Waals surface area contributed by atoms with Crippen molar-refractivity contribution in [3.8, 4) is 0 Å². The minimum Gasteiger partial charge on any atom is -0.379 e. The lowest BCUT2D eigenvalue weighted by Gasteiger charge is -1.90. The van der Waals surface area contributed by atoms with E-state index in [0.29, 0.717) is 11.7 Å². The standard InChI is InChI=1S/C6H10N4S/c7-6(11)9-2-1-5-3-8-4-10-5/h3-4H,1-2H2,(H,8,10)(H3,7,9,11). The monoisotopic (exact) mass is 170 g/mol. The molecule has 0 spiro atoms. The number of imidazole rings is 1. The molecule has 1 heterocycles. The van der Waals surface area contributed by atoms with E-state index >= 15 is 0 Å². The summed E-state index contributed by atoms with van der Waals surface area (Å²) in [6.07, 6.45) is 4.28. The van der Waals surface area contributed by atoms with Crippen LogP contribution in [-0.4, -0.2) is 21.7 Å². The molecule has 5 heteroatoms. The molecular formula is C6H10N4S. The number of aromatic amines is 1. The molecule has 0 saturated heterocycles. The van der Waals surface area contributed by atoms with Crippen molar-refractivity contribution in [1.29, 1.82) is 0 Å². The summed E-state index contributed by atoms with van der Waals surface area (Å²) >= 11 is 3.83. The summed E-state index contributed by atoms with van der Waals surface area (Å²) in [4.78, 5) is 10.8. The minimum atomic E-state index is 0.320. The number of nitrogens with one attached hydrogen (secondary N) is 1. The lowest BCUT2D eigenvalue weighted by Crippen LogP contribution is -2.03. The highest BCUT2D eigenvalue weighted by atomic mass is 32.1. The molecule has 0 aliphatic carbocycles. The second-order valence-corrected chi connectivity index (χ2v) is 2.51. The molecule has 0 amide bonds. The molecule has 3 N–H and O–H groups in total. The molecule has 60 valence electrons. The van der Waals surface area contributed by atoms with Gasteiger partial charge in [0, 0.05) is 19.2 Å². The maximum Gasteiger partial charge on any atom is 0.150 e. The third-order valence-corrected chi connectivity index (χ3v) is 1.34. The first-order valence-electron chi connectivity index (χ1n) is 3.25. The average molecular weight is 170 g/mol. The molecule has 1 aromatic rings. The summed E-state index contributed by atoms with van der Waals surface area (Å²) in [7, 11) is 0. The molecule has 4 nitrogen and oxygen atoms in total. The largest absolute Gasteiger partial charge is 0.379 e. The van der Waals surface area contributed by atoms with E-state index < -0.39 is 0 Å². The van der Waals surface area contributed by atoms with Crippen molar-refractivity contribution in [2.75, 3.05) is 6.54 Å². The van der Waals surface area contributed by atoms with Crippen LogP contribution in [0, 0.1) is 0 Å². The van der Waals surface area contributed by atoms with Crippen molar-refractivity contribution < 1.29 is 0 Å². The lowest BCUT2D eigenvalue weighted by molar-refractivity contribution is 0.936. The van der Waals surface area contributed by atoms with E-state index in [9.17, 15) is 0 Å². The quantitative estimate of drug-likeness (QED) is 0.344. The van der Waals surface area contributed by atoms with E-state index in [1.54, 1.807) is 6.33 Å². The summed E-state index contributed by atoms with van der Waals surface area (Å²) in [5.41, 5.74) is 6.21. The van der Waals surface area contributed by atoms with Gasteiger partial charge in [0.05, 0.1) is 12.0 Å². The van der Waals surface area contributed by atoms with Crippen LogP contribution in [0.1, 0.15) is 5.69 Å². The first-order valence-corrected chi connectivity index (χ1v) is 3.70. The zero-order valence-corrected chi connectivity index (χ0v) is 6.88. The summed E-state index contributed by atoms with van der Waals surface area (Å²) in [5, 5.41) is 0.320. The maximum atomic E-state index is 5.22. The summed E-state index contributed by atoms with van der Waals surface area (Å²) < 4.78 is 0. The smallest absolute Gasteiger partial charge is 0.150 e. The highest BCUT2D eigenvalue weighted by molar-refractivity contribution is 7.96. The Labute approximate surface area is 70.3 Å². The number of nitrogens with zero attached hydrogens (tertiary/aromatic N) is 2. The third-order valence-electron chi connectivity index (χ3n) is 1.20. The van der Waals surface area contributed by atoms with E-state index in [4.69, 9.17) is 5.73 Å². The molecular weight excluding hydrogens is 160 g/mol. The molecule has 0 atom stereocenters. The van der Waals surface area contributed by atoms with E-state index in [1.165, 1.54) is 0 Å². The van der Waals surface area contributed by atoms with Crippen LogP contribution >= 0.6 is 12.6 Å². The van der Waals surface area contributed by atoms with Crippen molar-refractivity contribution in [3.63, 3.8) is 0 Å². The number of thiol groups is 1. The summed E-state index contributed by atoms with van der Waals surface area (Å²) in [6, 6.07) is 0. The molecule has 0 fully saturated rings. The van der Waals surface area contributed by atoms with Crippen LogP contribution in [0.4, 0.5) is 0 Å². The highest BCUT2D eigenvalue weighted by Crippen LogP contribution is 1.92. The molecule has 0 aliphatic heterocycles. The average Bonchev–Trinajstić information content (AvgIpc) is 2.39. The number of rotatable bonds is 3. The van der Waals surface area contributed by atoms with E-state index in [-0.39, 0.29) is 0 Å². The minimum absolute atomic E-state index is 0.320. The number of aliphatic imine (C=N–C) groups is 1. The Kier molecular flexibility index (Phi) is 2.97. The third kappa shape index (κ3) is 3.08. The Morgan fingerprint density at radius 1 is 1.82 bits per heavy atom.